The van der Waals surface area contributed by atoms with Crippen LogP contribution in [0, 0.1) is 5.92 Å². The van der Waals surface area contributed by atoms with Crippen molar-refractivity contribution < 1.29 is 13.0 Å². The molecule has 0 saturated heterocycles. The van der Waals surface area contributed by atoms with Crippen LogP contribution in [0.25, 0.3) is 0 Å². The number of hydrogen-bond acceptors (Lipinski definition) is 2. The normalized spacial score (nSPS) is 34.5. The van der Waals surface area contributed by atoms with Crippen LogP contribution in [0.1, 0.15) is 13.8 Å². The van der Waals surface area contributed by atoms with Crippen LogP contribution >= 0.6 is 15.9 Å². The molecule has 13 heavy (non-hydrogen) atoms. The Balaban J connectivity index is 3.23. The third kappa shape index (κ3) is 1.73. The van der Waals surface area contributed by atoms with Gasteiger partial charge >= 0.3 is 0 Å². The summed E-state index contributed by atoms with van der Waals surface area (Å²) < 4.78 is 30.9. The van der Waals surface area contributed by atoms with Gasteiger partial charge in [0.25, 0.3) is 10.1 Å². The largest absolute Gasteiger partial charge is 0.285 e. The minimum Gasteiger partial charge on any atom is -0.285 e. The molecule has 3 nitrogen and oxygen atoms in total. The maximum Gasteiger partial charge on any atom is 0.274 e. The van der Waals surface area contributed by atoms with Crippen molar-refractivity contribution in [3.63, 3.8) is 0 Å². The lowest BCUT2D eigenvalue weighted by Crippen LogP contribution is -2.40. The lowest BCUT2D eigenvalue weighted by atomic mass is 9.91. The van der Waals surface area contributed by atoms with Gasteiger partial charge in [-0.05, 0) is 11.4 Å². The molecule has 1 aliphatic carbocycles. The SMILES string of the molecule is CC1C(Br)=CC=CC1(C)S(=O)(=O)O. The summed E-state index contributed by atoms with van der Waals surface area (Å²) in [5.74, 6) is -0.271. The second kappa shape index (κ2) is 3.22. The summed E-state index contributed by atoms with van der Waals surface area (Å²) in [4.78, 5) is 0. The second-order valence-corrected chi connectivity index (χ2v) is 6.04. The lowest BCUT2D eigenvalue weighted by Gasteiger charge is -2.31. The quantitative estimate of drug-likeness (QED) is 0.740. The summed E-state index contributed by atoms with van der Waals surface area (Å²) in [5, 5.41) is 0. The van der Waals surface area contributed by atoms with Gasteiger partial charge in [0, 0.05) is 5.92 Å². The number of rotatable bonds is 1. The Hall–Kier alpha value is -0.130. The molecule has 0 aromatic carbocycles. The molecule has 0 aromatic rings. The zero-order valence-electron chi connectivity index (χ0n) is 7.36. The molecule has 0 radical (unpaired) electrons. The number of allylic oxidation sites excluding steroid dienone is 3. The van der Waals surface area contributed by atoms with E-state index in [2.05, 4.69) is 15.9 Å². The molecule has 0 heterocycles. The highest BCUT2D eigenvalue weighted by Crippen LogP contribution is 2.37. The third-order valence-corrected chi connectivity index (χ3v) is 5.06. The smallest absolute Gasteiger partial charge is 0.274 e. The monoisotopic (exact) mass is 266 g/mol. The van der Waals surface area contributed by atoms with Crippen LogP contribution < -0.4 is 0 Å². The first kappa shape index (κ1) is 10.9. The molecule has 0 aliphatic heterocycles. The number of hydrogen-bond donors (Lipinski definition) is 1. The molecule has 1 N–H and O–H groups in total. The molecule has 0 aromatic heterocycles. The summed E-state index contributed by atoms with van der Waals surface area (Å²) in [6, 6.07) is 0. The fraction of sp³-hybridized carbons (Fsp3) is 0.500. The molecule has 0 amide bonds. The van der Waals surface area contributed by atoms with Gasteiger partial charge in [0.1, 0.15) is 4.75 Å². The van der Waals surface area contributed by atoms with Crippen LogP contribution in [-0.4, -0.2) is 17.7 Å². The van der Waals surface area contributed by atoms with Crippen molar-refractivity contribution in [3.05, 3.63) is 22.7 Å². The summed E-state index contributed by atoms with van der Waals surface area (Å²) in [5.41, 5.74) is 0. The van der Waals surface area contributed by atoms with Crippen LogP contribution in [0.3, 0.4) is 0 Å². The van der Waals surface area contributed by atoms with Crippen molar-refractivity contribution >= 4 is 26.0 Å². The van der Waals surface area contributed by atoms with E-state index in [1.165, 1.54) is 13.0 Å². The Morgan fingerprint density at radius 1 is 1.62 bits per heavy atom. The highest BCUT2D eigenvalue weighted by Gasteiger charge is 2.43. The topological polar surface area (TPSA) is 54.4 Å². The van der Waals surface area contributed by atoms with Gasteiger partial charge in [-0.15, -0.1) is 0 Å². The molecule has 2 unspecified atom stereocenters. The fourth-order valence-corrected chi connectivity index (χ4v) is 2.81. The average Bonchev–Trinajstić information content (AvgIpc) is 1.98. The van der Waals surface area contributed by atoms with E-state index in [1.54, 1.807) is 19.1 Å². The molecule has 2 atom stereocenters. The molecule has 0 bridgehead atoms. The molecule has 5 heteroatoms. The van der Waals surface area contributed by atoms with Gasteiger partial charge in [0.15, 0.2) is 0 Å². The maximum absolute atomic E-state index is 11.1. The van der Waals surface area contributed by atoms with Crippen LogP contribution in [0.15, 0.2) is 22.7 Å². The first-order valence-electron chi connectivity index (χ1n) is 3.81. The van der Waals surface area contributed by atoms with Crippen molar-refractivity contribution in [2.45, 2.75) is 18.6 Å². The highest BCUT2D eigenvalue weighted by atomic mass is 79.9. The Morgan fingerprint density at radius 2 is 2.15 bits per heavy atom. The lowest BCUT2D eigenvalue weighted by molar-refractivity contribution is 0.425. The molecular formula is C8H11BrO3S. The molecule has 0 spiro atoms. The van der Waals surface area contributed by atoms with Gasteiger partial charge < -0.3 is 0 Å². The van der Waals surface area contributed by atoms with Gasteiger partial charge in [-0.3, -0.25) is 4.55 Å². The minimum absolute atomic E-state index is 0.271. The predicted molar refractivity (Wildman–Crippen MR) is 55.3 cm³/mol. The predicted octanol–water partition coefficient (Wildman–Crippen LogP) is 2.12. The average molecular weight is 267 g/mol. The molecule has 74 valence electrons. The van der Waals surface area contributed by atoms with Gasteiger partial charge in [-0.1, -0.05) is 41.1 Å². The summed E-state index contributed by atoms with van der Waals surface area (Å²) in [6.07, 6.45) is 4.90. The molecule has 1 rings (SSSR count). The molecule has 1 aliphatic rings. The molecular weight excluding hydrogens is 256 g/mol. The standard InChI is InChI=1S/C8H11BrO3S/c1-6-7(9)4-3-5-8(6,2)13(10,11)12/h3-6H,1-2H3,(H,10,11,12). The summed E-state index contributed by atoms with van der Waals surface area (Å²) >= 11 is 3.26. The van der Waals surface area contributed by atoms with E-state index in [1.807, 2.05) is 0 Å². The third-order valence-electron chi connectivity index (χ3n) is 2.51. The van der Waals surface area contributed by atoms with Gasteiger partial charge in [0.2, 0.25) is 0 Å². The summed E-state index contributed by atoms with van der Waals surface area (Å²) in [7, 11) is -4.07. The van der Waals surface area contributed by atoms with Crippen LogP contribution in [0.5, 0.6) is 0 Å². The van der Waals surface area contributed by atoms with Gasteiger partial charge in [-0.25, -0.2) is 0 Å². The molecule has 0 fully saturated rings. The molecule has 0 saturated carbocycles. The Labute approximate surface area is 86.4 Å². The maximum atomic E-state index is 11.1. The fourth-order valence-electron chi connectivity index (χ4n) is 1.20. The first-order chi connectivity index (χ1) is 5.79. The Kier molecular flexibility index (Phi) is 2.71. The van der Waals surface area contributed by atoms with E-state index in [-0.39, 0.29) is 5.92 Å². The first-order valence-corrected chi connectivity index (χ1v) is 6.04. The van der Waals surface area contributed by atoms with Crippen molar-refractivity contribution in [1.29, 1.82) is 0 Å². The van der Waals surface area contributed by atoms with E-state index in [0.717, 1.165) is 4.48 Å². The van der Waals surface area contributed by atoms with Crippen molar-refractivity contribution in [1.82, 2.24) is 0 Å². The van der Waals surface area contributed by atoms with E-state index < -0.39 is 14.9 Å². The van der Waals surface area contributed by atoms with Crippen LogP contribution in [-0.2, 0) is 10.1 Å². The van der Waals surface area contributed by atoms with E-state index in [0.29, 0.717) is 0 Å². The van der Waals surface area contributed by atoms with Crippen LogP contribution in [0.4, 0.5) is 0 Å². The van der Waals surface area contributed by atoms with Gasteiger partial charge in [0.05, 0.1) is 0 Å². The van der Waals surface area contributed by atoms with Crippen molar-refractivity contribution in [2.75, 3.05) is 0 Å². The number of halogens is 1. The van der Waals surface area contributed by atoms with Crippen molar-refractivity contribution in [3.8, 4) is 0 Å². The van der Waals surface area contributed by atoms with Gasteiger partial charge in [-0.2, -0.15) is 8.42 Å². The highest BCUT2D eigenvalue weighted by molar-refractivity contribution is 9.11. The zero-order chi connectivity index (χ0) is 10.3. The van der Waals surface area contributed by atoms with E-state index >= 15 is 0 Å². The van der Waals surface area contributed by atoms with Crippen molar-refractivity contribution in [2.24, 2.45) is 5.92 Å². The summed E-state index contributed by atoms with van der Waals surface area (Å²) in [6.45, 7) is 3.25. The Bertz CT molecular complexity index is 369. The Morgan fingerprint density at radius 3 is 2.54 bits per heavy atom. The van der Waals surface area contributed by atoms with E-state index in [9.17, 15) is 8.42 Å². The minimum atomic E-state index is -4.07. The second-order valence-electron chi connectivity index (χ2n) is 3.29. The van der Waals surface area contributed by atoms with E-state index in [4.69, 9.17) is 4.55 Å². The zero-order valence-corrected chi connectivity index (χ0v) is 9.76. The van der Waals surface area contributed by atoms with Crippen LogP contribution in [0.2, 0.25) is 0 Å².